The van der Waals surface area contributed by atoms with Gasteiger partial charge in [-0.2, -0.15) is 0 Å². The minimum Gasteiger partial charge on any atom is -0.454 e. The van der Waals surface area contributed by atoms with Crippen molar-refractivity contribution in [3.8, 4) is 17.2 Å². The summed E-state index contributed by atoms with van der Waals surface area (Å²) in [7, 11) is 0. The highest BCUT2D eigenvalue weighted by Gasteiger charge is 2.31. The molecule has 1 N–H and O–H groups in total. The number of rotatable bonds is 6. The SMILES string of the molecule is O=C(Cn1c(=O)n(Cc2ccc3c(c2)OCO3)c(=O)c2ncccc21)Nc1ccc(OC(F)(F)F)cc1. The van der Waals surface area contributed by atoms with Crippen LogP contribution in [0.5, 0.6) is 17.2 Å². The Morgan fingerprint density at radius 3 is 2.54 bits per heavy atom. The number of ether oxygens (including phenoxy) is 3. The Morgan fingerprint density at radius 2 is 1.78 bits per heavy atom. The molecule has 2 aromatic carbocycles. The molecule has 1 aliphatic rings. The number of fused-ring (bicyclic) bond motifs is 2. The van der Waals surface area contributed by atoms with Crippen LogP contribution in [0.3, 0.4) is 0 Å². The van der Waals surface area contributed by atoms with Crippen molar-refractivity contribution < 1.29 is 32.2 Å². The lowest BCUT2D eigenvalue weighted by Gasteiger charge is -2.14. The van der Waals surface area contributed by atoms with Crippen LogP contribution in [0.15, 0.2) is 70.4 Å². The van der Waals surface area contributed by atoms with E-state index in [9.17, 15) is 27.6 Å². The quantitative estimate of drug-likeness (QED) is 0.421. The summed E-state index contributed by atoms with van der Waals surface area (Å²) in [5.74, 6) is -0.0708. The summed E-state index contributed by atoms with van der Waals surface area (Å²) in [5, 5.41) is 2.51. The Kier molecular flexibility index (Phi) is 6.03. The largest absolute Gasteiger partial charge is 0.573 e. The average molecular weight is 514 g/mol. The minimum absolute atomic E-state index is 0.00991. The highest BCUT2D eigenvalue weighted by molar-refractivity contribution is 5.91. The molecule has 1 amide bonds. The molecule has 2 aromatic heterocycles. The second-order valence-electron chi connectivity index (χ2n) is 7.94. The summed E-state index contributed by atoms with van der Waals surface area (Å²) in [5.41, 5.74) is -0.449. The first-order chi connectivity index (χ1) is 17.7. The number of amides is 1. The number of carbonyl (C=O) groups excluding carboxylic acids is 1. The molecule has 0 fully saturated rings. The summed E-state index contributed by atoms with van der Waals surface area (Å²) in [4.78, 5) is 43.3. The van der Waals surface area contributed by atoms with Gasteiger partial charge in [0, 0.05) is 11.9 Å². The van der Waals surface area contributed by atoms with Gasteiger partial charge in [0.15, 0.2) is 17.0 Å². The molecule has 0 spiro atoms. The highest BCUT2D eigenvalue weighted by Crippen LogP contribution is 2.32. The van der Waals surface area contributed by atoms with E-state index in [4.69, 9.17) is 9.47 Å². The Balaban J connectivity index is 1.43. The van der Waals surface area contributed by atoms with Gasteiger partial charge < -0.3 is 19.5 Å². The second-order valence-corrected chi connectivity index (χ2v) is 7.94. The fourth-order valence-electron chi connectivity index (χ4n) is 3.84. The molecule has 37 heavy (non-hydrogen) atoms. The van der Waals surface area contributed by atoms with E-state index in [0.717, 1.165) is 21.3 Å². The first kappa shape index (κ1) is 23.9. The number of carbonyl (C=O) groups is 1. The zero-order valence-electron chi connectivity index (χ0n) is 18.8. The molecule has 4 aromatic rings. The number of pyridine rings is 1. The van der Waals surface area contributed by atoms with Crippen molar-refractivity contribution >= 4 is 22.6 Å². The highest BCUT2D eigenvalue weighted by atomic mass is 19.4. The van der Waals surface area contributed by atoms with E-state index in [1.807, 2.05) is 0 Å². The lowest BCUT2D eigenvalue weighted by molar-refractivity contribution is -0.274. The van der Waals surface area contributed by atoms with Gasteiger partial charge >= 0.3 is 12.1 Å². The van der Waals surface area contributed by atoms with Crippen LogP contribution in [0.2, 0.25) is 0 Å². The van der Waals surface area contributed by atoms with Gasteiger partial charge in [0.05, 0.1) is 12.1 Å². The van der Waals surface area contributed by atoms with Crippen LogP contribution in [-0.4, -0.2) is 33.2 Å². The molecule has 10 nitrogen and oxygen atoms in total. The number of hydrogen-bond acceptors (Lipinski definition) is 7. The molecule has 1 aliphatic heterocycles. The molecule has 5 rings (SSSR count). The first-order valence-electron chi connectivity index (χ1n) is 10.8. The van der Waals surface area contributed by atoms with Gasteiger partial charge in [-0.05, 0) is 54.1 Å². The van der Waals surface area contributed by atoms with Crippen LogP contribution in [0.25, 0.3) is 11.0 Å². The molecule has 3 heterocycles. The zero-order chi connectivity index (χ0) is 26.2. The van der Waals surface area contributed by atoms with E-state index in [1.54, 1.807) is 18.2 Å². The van der Waals surface area contributed by atoms with E-state index in [-0.39, 0.29) is 30.1 Å². The standard InChI is InChI=1S/C24H17F3N4O6/c25-24(26,27)37-16-6-4-15(5-7-16)29-20(32)12-30-17-2-1-9-28-21(17)22(33)31(23(30)34)11-14-3-8-18-19(10-14)36-13-35-18/h1-10H,11-13H2,(H,29,32). The Morgan fingerprint density at radius 1 is 1.03 bits per heavy atom. The maximum atomic E-state index is 13.3. The third-order valence-electron chi connectivity index (χ3n) is 5.44. The van der Waals surface area contributed by atoms with E-state index < -0.39 is 35.8 Å². The molecule has 190 valence electrons. The maximum Gasteiger partial charge on any atom is 0.573 e. The monoisotopic (exact) mass is 514 g/mol. The molecule has 0 bridgehead atoms. The van der Waals surface area contributed by atoms with Gasteiger partial charge in [-0.3, -0.25) is 18.7 Å². The van der Waals surface area contributed by atoms with Crippen molar-refractivity contribution in [1.29, 1.82) is 0 Å². The fraction of sp³-hybridized carbons (Fsp3) is 0.167. The van der Waals surface area contributed by atoms with Crippen LogP contribution in [0, 0.1) is 0 Å². The number of alkyl halides is 3. The van der Waals surface area contributed by atoms with Crippen LogP contribution in [0.1, 0.15) is 5.56 Å². The first-order valence-corrected chi connectivity index (χ1v) is 10.8. The third kappa shape index (κ3) is 5.10. The lowest BCUT2D eigenvalue weighted by atomic mass is 10.2. The fourth-order valence-corrected chi connectivity index (χ4v) is 3.84. The molecule has 0 saturated carbocycles. The van der Waals surface area contributed by atoms with Crippen molar-refractivity contribution in [3.63, 3.8) is 0 Å². The van der Waals surface area contributed by atoms with E-state index >= 15 is 0 Å². The zero-order valence-corrected chi connectivity index (χ0v) is 18.8. The number of nitrogens with one attached hydrogen (secondary N) is 1. The Bertz CT molecular complexity index is 1610. The van der Waals surface area contributed by atoms with Crippen molar-refractivity contribution in [3.05, 3.63) is 87.2 Å². The summed E-state index contributed by atoms with van der Waals surface area (Å²) in [6.45, 7) is -0.523. The minimum atomic E-state index is -4.84. The molecule has 0 unspecified atom stereocenters. The predicted octanol–water partition coefficient (Wildman–Crippen LogP) is 2.87. The molecule has 0 atom stereocenters. The van der Waals surface area contributed by atoms with Gasteiger partial charge in [-0.15, -0.1) is 13.2 Å². The van der Waals surface area contributed by atoms with Crippen LogP contribution in [0.4, 0.5) is 18.9 Å². The van der Waals surface area contributed by atoms with E-state index in [1.165, 1.54) is 30.5 Å². The van der Waals surface area contributed by atoms with Crippen molar-refractivity contribution in [2.24, 2.45) is 0 Å². The molecule has 13 heteroatoms. The van der Waals surface area contributed by atoms with Crippen molar-refractivity contribution in [2.75, 3.05) is 12.1 Å². The van der Waals surface area contributed by atoms with Gasteiger partial charge in [-0.1, -0.05) is 6.07 Å². The summed E-state index contributed by atoms with van der Waals surface area (Å²) >= 11 is 0. The number of benzene rings is 2. The summed E-state index contributed by atoms with van der Waals surface area (Å²) < 4.78 is 53.6. The predicted molar refractivity (Wildman–Crippen MR) is 124 cm³/mol. The molecular formula is C24H17F3N4O6. The van der Waals surface area contributed by atoms with Gasteiger partial charge in [-0.25, -0.2) is 9.78 Å². The van der Waals surface area contributed by atoms with Crippen LogP contribution in [-0.2, 0) is 17.9 Å². The number of anilines is 1. The number of aromatic nitrogens is 3. The number of nitrogens with zero attached hydrogens (tertiary/aromatic N) is 3. The average Bonchev–Trinajstić information content (AvgIpc) is 3.33. The number of hydrogen-bond donors (Lipinski definition) is 1. The smallest absolute Gasteiger partial charge is 0.454 e. The Labute approximate surface area is 205 Å². The summed E-state index contributed by atoms with van der Waals surface area (Å²) in [6, 6.07) is 12.6. The van der Waals surface area contributed by atoms with Crippen molar-refractivity contribution in [1.82, 2.24) is 14.1 Å². The topological polar surface area (TPSA) is 114 Å². The summed E-state index contributed by atoms with van der Waals surface area (Å²) in [6.07, 6.45) is -3.45. The second kappa shape index (κ2) is 9.33. The van der Waals surface area contributed by atoms with E-state index in [2.05, 4.69) is 15.0 Å². The van der Waals surface area contributed by atoms with Gasteiger partial charge in [0.1, 0.15) is 12.3 Å². The van der Waals surface area contributed by atoms with Gasteiger partial charge in [0.25, 0.3) is 5.56 Å². The van der Waals surface area contributed by atoms with Crippen LogP contribution < -0.4 is 30.8 Å². The maximum absolute atomic E-state index is 13.3. The molecule has 0 aliphatic carbocycles. The molecule has 0 saturated heterocycles. The molecular weight excluding hydrogens is 497 g/mol. The van der Waals surface area contributed by atoms with Gasteiger partial charge in [0.2, 0.25) is 12.7 Å². The normalized spacial score (nSPS) is 12.5. The van der Waals surface area contributed by atoms with Crippen molar-refractivity contribution in [2.45, 2.75) is 19.5 Å². The van der Waals surface area contributed by atoms with Crippen LogP contribution >= 0.6 is 0 Å². The third-order valence-corrected chi connectivity index (χ3v) is 5.44. The Hall–Kier alpha value is -4.81. The number of halogens is 3. The molecule has 0 radical (unpaired) electrons. The van der Waals surface area contributed by atoms with E-state index in [0.29, 0.717) is 17.1 Å². The lowest BCUT2D eigenvalue weighted by Crippen LogP contribution is -2.42.